The third kappa shape index (κ3) is 3.76. The fraction of sp³-hybridized carbons (Fsp3) is 0.267. The van der Waals surface area contributed by atoms with Crippen LogP contribution < -0.4 is 4.74 Å². The van der Waals surface area contributed by atoms with Gasteiger partial charge in [0.2, 0.25) is 10.0 Å². The van der Waals surface area contributed by atoms with E-state index in [1.807, 2.05) is 18.2 Å². The second-order valence-corrected chi connectivity index (χ2v) is 7.11. The molecule has 7 heteroatoms. The molecule has 22 heavy (non-hydrogen) atoms. The molecule has 0 atom stereocenters. The van der Waals surface area contributed by atoms with E-state index >= 15 is 0 Å². The van der Waals surface area contributed by atoms with Crippen molar-refractivity contribution in [2.75, 3.05) is 20.7 Å². The van der Waals surface area contributed by atoms with Crippen molar-refractivity contribution in [2.45, 2.75) is 11.3 Å². The Morgan fingerprint density at radius 3 is 2.68 bits per heavy atom. The first kappa shape index (κ1) is 16.7. The quantitative estimate of drug-likeness (QED) is 0.811. The van der Waals surface area contributed by atoms with Gasteiger partial charge >= 0.3 is 0 Å². The lowest BCUT2D eigenvalue weighted by atomic mass is 10.3. The molecule has 1 aromatic heterocycles. The molecular weight excluding hydrogens is 324 g/mol. The summed E-state index contributed by atoms with van der Waals surface area (Å²) in [5.74, 6) is 0.445. The predicted octanol–water partition coefficient (Wildman–Crippen LogP) is 2.61. The van der Waals surface area contributed by atoms with Crippen LogP contribution in [0, 0.1) is 0 Å². The molecule has 0 bridgehead atoms. The van der Waals surface area contributed by atoms with Crippen LogP contribution in [0.15, 0.2) is 47.5 Å². The van der Waals surface area contributed by atoms with Crippen LogP contribution in [-0.4, -0.2) is 38.4 Å². The van der Waals surface area contributed by atoms with E-state index in [4.69, 9.17) is 16.3 Å². The molecule has 0 N–H and O–H groups in total. The molecule has 2 rings (SSSR count). The van der Waals surface area contributed by atoms with Crippen molar-refractivity contribution in [3.8, 4) is 5.75 Å². The summed E-state index contributed by atoms with van der Waals surface area (Å²) >= 11 is 6.03. The molecule has 0 aliphatic carbocycles. The lowest BCUT2D eigenvalue weighted by Gasteiger charge is -2.18. The van der Waals surface area contributed by atoms with Gasteiger partial charge in [-0.1, -0.05) is 17.7 Å². The molecule has 0 saturated carbocycles. The van der Waals surface area contributed by atoms with E-state index in [9.17, 15) is 8.42 Å². The molecule has 118 valence electrons. The van der Waals surface area contributed by atoms with Gasteiger partial charge in [-0.2, -0.15) is 0 Å². The number of sulfonamides is 1. The minimum absolute atomic E-state index is 0.0389. The first-order chi connectivity index (χ1) is 10.4. The molecule has 0 fully saturated rings. The van der Waals surface area contributed by atoms with Crippen molar-refractivity contribution in [3.05, 3.63) is 53.3 Å². The fourth-order valence-corrected chi connectivity index (χ4v) is 3.57. The zero-order chi connectivity index (χ0) is 16.2. The fourth-order valence-electron chi connectivity index (χ4n) is 1.91. The third-order valence-electron chi connectivity index (χ3n) is 3.24. The highest BCUT2D eigenvalue weighted by atomic mass is 35.5. The molecule has 0 aliphatic rings. The molecule has 0 saturated heterocycles. The van der Waals surface area contributed by atoms with Crippen molar-refractivity contribution in [1.29, 1.82) is 0 Å². The summed E-state index contributed by atoms with van der Waals surface area (Å²) in [7, 11) is -0.680. The van der Waals surface area contributed by atoms with Crippen LogP contribution in [0.2, 0.25) is 5.02 Å². The average molecular weight is 341 g/mol. The van der Waals surface area contributed by atoms with E-state index in [-0.39, 0.29) is 9.92 Å². The Balaban J connectivity index is 2.19. The number of nitrogens with zero attached hydrogens (tertiary/aromatic N) is 2. The summed E-state index contributed by atoms with van der Waals surface area (Å²) in [6.45, 7) is 0.312. The zero-order valence-corrected chi connectivity index (χ0v) is 13.9. The Hall–Kier alpha value is -1.63. The number of methoxy groups -OCH3 is 1. The van der Waals surface area contributed by atoms with Gasteiger partial charge in [0.15, 0.2) is 0 Å². The van der Waals surface area contributed by atoms with E-state index in [1.54, 1.807) is 12.3 Å². The number of halogens is 1. The molecule has 0 unspecified atom stereocenters. The monoisotopic (exact) mass is 340 g/mol. The smallest absolute Gasteiger partial charge is 0.244 e. The molecule has 0 amide bonds. The van der Waals surface area contributed by atoms with Crippen molar-refractivity contribution < 1.29 is 13.2 Å². The highest BCUT2D eigenvalue weighted by molar-refractivity contribution is 7.89. The lowest BCUT2D eigenvalue weighted by Crippen LogP contribution is -2.29. The lowest BCUT2D eigenvalue weighted by molar-refractivity contribution is 0.412. The predicted molar refractivity (Wildman–Crippen MR) is 85.8 cm³/mol. The number of hydrogen-bond acceptors (Lipinski definition) is 4. The number of ether oxygens (including phenoxy) is 1. The van der Waals surface area contributed by atoms with E-state index in [2.05, 4.69) is 4.98 Å². The molecule has 0 aliphatic heterocycles. The summed E-state index contributed by atoms with van der Waals surface area (Å²) in [6.07, 6.45) is 2.21. The molecule has 1 aromatic carbocycles. The molecule has 0 radical (unpaired) electrons. The number of likely N-dealkylation sites (N-methyl/N-ethyl adjacent to an activating group) is 1. The topological polar surface area (TPSA) is 59.5 Å². The minimum Gasteiger partial charge on any atom is -0.497 e. The van der Waals surface area contributed by atoms with E-state index in [1.165, 1.54) is 30.6 Å². The van der Waals surface area contributed by atoms with Gasteiger partial charge in [0.25, 0.3) is 0 Å². The summed E-state index contributed by atoms with van der Waals surface area (Å²) in [6, 6.07) is 10.1. The van der Waals surface area contributed by atoms with Gasteiger partial charge in [0.1, 0.15) is 10.6 Å². The highest BCUT2D eigenvalue weighted by Crippen LogP contribution is 2.28. The van der Waals surface area contributed by atoms with Crippen LogP contribution in [0.5, 0.6) is 5.75 Å². The highest BCUT2D eigenvalue weighted by Gasteiger charge is 2.24. The summed E-state index contributed by atoms with van der Waals surface area (Å²) in [5.41, 5.74) is 0.835. The molecule has 5 nitrogen and oxygen atoms in total. The molecule has 1 heterocycles. The van der Waals surface area contributed by atoms with E-state index in [0.29, 0.717) is 18.7 Å². The van der Waals surface area contributed by atoms with Crippen LogP contribution in [-0.2, 0) is 16.4 Å². The van der Waals surface area contributed by atoms with Gasteiger partial charge in [0, 0.05) is 38.0 Å². The Morgan fingerprint density at radius 1 is 1.27 bits per heavy atom. The SMILES string of the molecule is COc1ccc(Cl)c(S(=O)(=O)N(C)CCc2ccccn2)c1. The number of hydrogen-bond donors (Lipinski definition) is 0. The van der Waals surface area contributed by atoms with Gasteiger partial charge in [-0.3, -0.25) is 4.98 Å². The molecule has 0 spiro atoms. The van der Waals surface area contributed by atoms with Crippen LogP contribution in [0.25, 0.3) is 0 Å². The van der Waals surface area contributed by atoms with Crippen molar-refractivity contribution in [2.24, 2.45) is 0 Å². The maximum absolute atomic E-state index is 12.6. The molecule has 2 aromatic rings. The van der Waals surface area contributed by atoms with Crippen LogP contribution in [0.1, 0.15) is 5.69 Å². The number of pyridine rings is 1. The number of rotatable bonds is 6. The average Bonchev–Trinajstić information content (AvgIpc) is 2.53. The Morgan fingerprint density at radius 2 is 2.05 bits per heavy atom. The van der Waals surface area contributed by atoms with Gasteiger partial charge in [0.05, 0.1) is 12.1 Å². The minimum atomic E-state index is -3.68. The van der Waals surface area contributed by atoms with Gasteiger partial charge in [-0.05, 0) is 24.3 Å². The third-order valence-corrected chi connectivity index (χ3v) is 5.57. The second-order valence-electron chi connectivity index (χ2n) is 4.69. The van der Waals surface area contributed by atoms with Gasteiger partial charge in [-0.25, -0.2) is 12.7 Å². The Bertz CT molecular complexity index is 736. The van der Waals surface area contributed by atoms with Gasteiger partial charge < -0.3 is 4.74 Å². The zero-order valence-electron chi connectivity index (χ0n) is 12.4. The first-order valence-electron chi connectivity index (χ1n) is 6.65. The maximum Gasteiger partial charge on any atom is 0.244 e. The van der Waals surface area contributed by atoms with Crippen LogP contribution in [0.3, 0.4) is 0 Å². The molecular formula is C15H17ClN2O3S. The Labute approximate surface area is 135 Å². The first-order valence-corrected chi connectivity index (χ1v) is 8.46. The van der Waals surface area contributed by atoms with Gasteiger partial charge in [-0.15, -0.1) is 0 Å². The van der Waals surface area contributed by atoms with Crippen molar-refractivity contribution in [3.63, 3.8) is 0 Å². The standard InChI is InChI=1S/C15H17ClN2O3S/c1-18(10-8-12-5-3-4-9-17-12)22(19,20)15-11-13(21-2)6-7-14(15)16/h3-7,9,11H,8,10H2,1-2H3. The Kier molecular flexibility index (Phi) is 5.39. The van der Waals surface area contributed by atoms with E-state index < -0.39 is 10.0 Å². The maximum atomic E-state index is 12.6. The number of aromatic nitrogens is 1. The van der Waals surface area contributed by atoms with Crippen molar-refractivity contribution >= 4 is 21.6 Å². The normalized spacial score (nSPS) is 11.6. The van der Waals surface area contributed by atoms with Crippen LogP contribution >= 0.6 is 11.6 Å². The second kappa shape index (κ2) is 7.09. The summed E-state index contributed by atoms with van der Waals surface area (Å²) in [5, 5.41) is 0.172. The van der Waals surface area contributed by atoms with Crippen molar-refractivity contribution in [1.82, 2.24) is 9.29 Å². The summed E-state index contributed by atoms with van der Waals surface area (Å²) < 4.78 is 31.5. The largest absolute Gasteiger partial charge is 0.497 e. The van der Waals surface area contributed by atoms with Crippen LogP contribution in [0.4, 0.5) is 0 Å². The number of benzene rings is 1. The van der Waals surface area contributed by atoms with E-state index in [0.717, 1.165) is 5.69 Å². The summed E-state index contributed by atoms with van der Waals surface area (Å²) in [4.78, 5) is 4.22.